The molecule has 1 aromatic rings. The molecule has 1 nitrogen and oxygen atoms in total. The van der Waals surface area contributed by atoms with Crippen LogP contribution in [-0.2, 0) is 6.42 Å². The largest absolute Gasteiger partial charge is 0.317 e. The number of nitrogens with one attached hydrogen (secondary N) is 1. The molecule has 3 aliphatic carbocycles. The first-order valence-electron chi connectivity index (χ1n) is 8.13. The van der Waals surface area contributed by atoms with Gasteiger partial charge in [0.25, 0.3) is 0 Å². The van der Waals surface area contributed by atoms with Crippen molar-refractivity contribution in [3.05, 3.63) is 35.4 Å². The number of rotatable bonds is 4. The Morgan fingerprint density at radius 3 is 2.79 bits per heavy atom. The fourth-order valence-electron chi connectivity index (χ4n) is 4.72. The van der Waals surface area contributed by atoms with Crippen molar-refractivity contribution in [3.8, 4) is 0 Å². The summed E-state index contributed by atoms with van der Waals surface area (Å²) in [6.07, 6.45) is 8.61. The second-order valence-corrected chi connectivity index (χ2v) is 6.93. The quantitative estimate of drug-likeness (QED) is 0.864. The molecule has 102 valence electrons. The van der Waals surface area contributed by atoms with Gasteiger partial charge in [-0.1, -0.05) is 43.5 Å². The van der Waals surface area contributed by atoms with Crippen molar-refractivity contribution in [2.24, 2.45) is 17.8 Å². The minimum absolute atomic E-state index is 0.770. The maximum absolute atomic E-state index is 3.65. The second-order valence-electron chi connectivity index (χ2n) is 6.93. The molecule has 0 bridgehead atoms. The third kappa shape index (κ3) is 1.94. The molecular weight excluding hydrogens is 230 g/mol. The summed E-state index contributed by atoms with van der Waals surface area (Å²) in [6, 6.07) is 9.95. The molecular formula is C18H25N. The third-order valence-corrected chi connectivity index (χ3v) is 6.04. The van der Waals surface area contributed by atoms with E-state index in [0.29, 0.717) is 0 Å². The zero-order valence-corrected chi connectivity index (χ0v) is 11.9. The zero-order valence-electron chi connectivity index (χ0n) is 11.9. The summed E-state index contributed by atoms with van der Waals surface area (Å²) in [6.45, 7) is 0. The van der Waals surface area contributed by atoms with Crippen molar-refractivity contribution in [3.63, 3.8) is 0 Å². The lowest BCUT2D eigenvalue weighted by atomic mass is 9.79. The number of fused-ring (bicyclic) bond motifs is 3. The molecule has 0 amide bonds. The van der Waals surface area contributed by atoms with Crippen LogP contribution >= 0.6 is 0 Å². The Bertz CT molecular complexity index is 463. The summed E-state index contributed by atoms with van der Waals surface area (Å²) in [5.41, 5.74) is 3.31. The highest BCUT2D eigenvalue weighted by Crippen LogP contribution is 2.62. The van der Waals surface area contributed by atoms with Crippen LogP contribution in [0.25, 0.3) is 0 Å². The Morgan fingerprint density at radius 1 is 1.21 bits per heavy atom. The molecule has 1 aromatic carbocycles. The monoisotopic (exact) mass is 255 g/mol. The van der Waals surface area contributed by atoms with Crippen LogP contribution in [0.3, 0.4) is 0 Å². The van der Waals surface area contributed by atoms with Crippen LogP contribution in [0.1, 0.15) is 49.1 Å². The molecule has 0 spiro atoms. The minimum atomic E-state index is 0.770. The van der Waals surface area contributed by atoms with Crippen molar-refractivity contribution in [2.45, 2.75) is 50.5 Å². The molecule has 1 heteroatoms. The highest BCUT2D eigenvalue weighted by molar-refractivity contribution is 5.40. The van der Waals surface area contributed by atoms with E-state index in [1.54, 1.807) is 11.1 Å². The Balaban J connectivity index is 1.52. The molecule has 0 aliphatic heterocycles. The molecule has 4 rings (SSSR count). The Hall–Kier alpha value is -0.820. The average molecular weight is 255 g/mol. The van der Waals surface area contributed by atoms with E-state index in [0.717, 1.165) is 29.7 Å². The van der Waals surface area contributed by atoms with E-state index in [1.807, 2.05) is 0 Å². The molecule has 19 heavy (non-hydrogen) atoms. The van der Waals surface area contributed by atoms with Gasteiger partial charge >= 0.3 is 0 Å². The van der Waals surface area contributed by atoms with Gasteiger partial charge in [-0.3, -0.25) is 0 Å². The molecule has 0 heterocycles. The summed E-state index contributed by atoms with van der Waals surface area (Å²) in [5.74, 6) is 3.81. The van der Waals surface area contributed by atoms with E-state index in [1.165, 1.54) is 38.5 Å². The summed E-state index contributed by atoms with van der Waals surface area (Å²) >= 11 is 0. The average Bonchev–Trinajstić information content (AvgIpc) is 3.13. The number of hydrogen-bond donors (Lipinski definition) is 1. The maximum atomic E-state index is 3.65. The topological polar surface area (TPSA) is 12.0 Å². The first-order chi connectivity index (χ1) is 9.38. The summed E-state index contributed by atoms with van der Waals surface area (Å²) in [5, 5.41) is 3.65. The van der Waals surface area contributed by atoms with Crippen LogP contribution < -0.4 is 5.32 Å². The molecule has 3 aliphatic rings. The SMILES string of the molecule is CNC(CC1CCC1)C1C2CCc3ccccc3C21. The van der Waals surface area contributed by atoms with Gasteiger partial charge in [-0.05, 0) is 61.1 Å². The lowest BCUT2D eigenvalue weighted by Crippen LogP contribution is -2.32. The zero-order chi connectivity index (χ0) is 12.8. The molecule has 2 fully saturated rings. The van der Waals surface area contributed by atoms with Crippen molar-refractivity contribution in [1.29, 1.82) is 0 Å². The molecule has 4 unspecified atom stereocenters. The van der Waals surface area contributed by atoms with Crippen molar-refractivity contribution in [1.82, 2.24) is 5.32 Å². The first-order valence-corrected chi connectivity index (χ1v) is 8.13. The highest BCUT2D eigenvalue weighted by Gasteiger charge is 2.56. The van der Waals surface area contributed by atoms with Crippen LogP contribution in [0.5, 0.6) is 0 Å². The van der Waals surface area contributed by atoms with Gasteiger partial charge in [-0.25, -0.2) is 0 Å². The van der Waals surface area contributed by atoms with Gasteiger partial charge in [0.1, 0.15) is 0 Å². The van der Waals surface area contributed by atoms with Crippen LogP contribution in [0.15, 0.2) is 24.3 Å². The van der Waals surface area contributed by atoms with E-state index in [2.05, 4.69) is 36.6 Å². The molecule has 4 atom stereocenters. The van der Waals surface area contributed by atoms with Crippen molar-refractivity contribution < 1.29 is 0 Å². The lowest BCUT2D eigenvalue weighted by Gasteiger charge is -2.30. The standard InChI is InChI=1S/C18H25N/c1-19-16(11-12-5-4-6-12)18-15-10-9-13-7-2-3-8-14(13)17(15)18/h2-3,7-8,12,15-19H,4-6,9-11H2,1H3. The molecule has 0 radical (unpaired) electrons. The van der Waals surface area contributed by atoms with Gasteiger partial charge in [-0.2, -0.15) is 0 Å². The van der Waals surface area contributed by atoms with Gasteiger partial charge < -0.3 is 5.32 Å². The fourth-order valence-corrected chi connectivity index (χ4v) is 4.72. The van der Waals surface area contributed by atoms with Crippen molar-refractivity contribution >= 4 is 0 Å². The van der Waals surface area contributed by atoms with E-state index < -0.39 is 0 Å². The Labute approximate surface area is 116 Å². The predicted molar refractivity (Wildman–Crippen MR) is 79.3 cm³/mol. The van der Waals surface area contributed by atoms with E-state index in [4.69, 9.17) is 0 Å². The third-order valence-electron chi connectivity index (χ3n) is 6.04. The lowest BCUT2D eigenvalue weighted by molar-refractivity contribution is 0.249. The summed E-state index contributed by atoms with van der Waals surface area (Å²) in [7, 11) is 2.18. The second kappa shape index (κ2) is 4.63. The molecule has 1 N–H and O–H groups in total. The van der Waals surface area contributed by atoms with E-state index in [9.17, 15) is 0 Å². The molecule has 2 saturated carbocycles. The summed E-state index contributed by atoms with van der Waals surface area (Å²) < 4.78 is 0. The number of hydrogen-bond acceptors (Lipinski definition) is 1. The smallest absolute Gasteiger partial charge is 0.0104 e. The van der Waals surface area contributed by atoms with Gasteiger partial charge in [-0.15, -0.1) is 0 Å². The molecule has 0 aromatic heterocycles. The fraction of sp³-hybridized carbons (Fsp3) is 0.667. The van der Waals surface area contributed by atoms with E-state index in [-0.39, 0.29) is 0 Å². The minimum Gasteiger partial charge on any atom is -0.317 e. The maximum Gasteiger partial charge on any atom is 0.0104 e. The van der Waals surface area contributed by atoms with Gasteiger partial charge in [0.05, 0.1) is 0 Å². The first kappa shape index (κ1) is 12.0. The normalized spacial score (nSPS) is 34.1. The van der Waals surface area contributed by atoms with E-state index >= 15 is 0 Å². The van der Waals surface area contributed by atoms with Crippen LogP contribution in [0.2, 0.25) is 0 Å². The predicted octanol–water partition coefficient (Wildman–Crippen LogP) is 3.74. The van der Waals surface area contributed by atoms with Gasteiger partial charge in [0.15, 0.2) is 0 Å². The number of benzene rings is 1. The molecule has 0 saturated heterocycles. The van der Waals surface area contributed by atoms with Crippen LogP contribution in [0.4, 0.5) is 0 Å². The van der Waals surface area contributed by atoms with Gasteiger partial charge in [0.2, 0.25) is 0 Å². The van der Waals surface area contributed by atoms with Crippen molar-refractivity contribution in [2.75, 3.05) is 7.05 Å². The Kier molecular flexibility index (Phi) is 2.91. The number of aryl methyl sites for hydroxylation is 1. The highest BCUT2D eigenvalue weighted by atomic mass is 14.9. The van der Waals surface area contributed by atoms with Gasteiger partial charge in [0, 0.05) is 6.04 Å². The van der Waals surface area contributed by atoms with Crippen LogP contribution in [-0.4, -0.2) is 13.1 Å². The summed E-state index contributed by atoms with van der Waals surface area (Å²) in [4.78, 5) is 0. The Morgan fingerprint density at radius 2 is 2.05 bits per heavy atom. The van der Waals surface area contributed by atoms with Crippen LogP contribution in [0, 0.1) is 17.8 Å².